The summed E-state index contributed by atoms with van der Waals surface area (Å²) in [5.41, 5.74) is 3.65. The van der Waals surface area contributed by atoms with Crippen LogP contribution in [0.5, 0.6) is 0 Å². The van der Waals surface area contributed by atoms with Gasteiger partial charge in [-0.2, -0.15) is 5.26 Å². The Morgan fingerprint density at radius 3 is 2.68 bits per heavy atom. The van der Waals surface area contributed by atoms with Gasteiger partial charge in [0, 0.05) is 11.9 Å². The van der Waals surface area contributed by atoms with Crippen molar-refractivity contribution in [3.05, 3.63) is 58.9 Å². The summed E-state index contributed by atoms with van der Waals surface area (Å²) in [4.78, 5) is 16.0. The van der Waals surface area contributed by atoms with E-state index >= 15 is 0 Å². The van der Waals surface area contributed by atoms with Gasteiger partial charge in [-0.1, -0.05) is 6.07 Å². The molecule has 0 bridgehead atoms. The van der Waals surface area contributed by atoms with Crippen molar-refractivity contribution in [1.82, 2.24) is 4.98 Å². The molecule has 0 saturated heterocycles. The molecule has 0 aliphatic heterocycles. The number of hydrogen-bond acceptors (Lipinski definition) is 3. The average Bonchev–Trinajstić information content (AvgIpc) is 2.43. The lowest BCUT2D eigenvalue weighted by Crippen LogP contribution is -2.13. The Balaban J connectivity index is 2.21. The topological polar surface area (TPSA) is 65.8 Å². The summed E-state index contributed by atoms with van der Waals surface area (Å²) in [6, 6.07) is 10.7. The molecule has 0 aliphatic rings. The summed E-state index contributed by atoms with van der Waals surface area (Å²) < 4.78 is 0. The van der Waals surface area contributed by atoms with Crippen LogP contribution in [0.15, 0.2) is 36.5 Å². The van der Waals surface area contributed by atoms with Crippen molar-refractivity contribution in [2.75, 3.05) is 5.32 Å². The number of nitriles is 1. The van der Waals surface area contributed by atoms with Crippen LogP contribution < -0.4 is 5.32 Å². The van der Waals surface area contributed by atoms with Gasteiger partial charge in [0.1, 0.15) is 5.69 Å². The van der Waals surface area contributed by atoms with Gasteiger partial charge in [-0.05, 0) is 49.2 Å². The zero-order chi connectivity index (χ0) is 13.8. The minimum absolute atomic E-state index is 0.234. The highest BCUT2D eigenvalue weighted by atomic mass is 16.1. The van der Waals surface area contributed by atoms with Crippen LogP contribution in [0.2, 0.25) is 0 Å². The number of nitrogens with zero attached hydrogens (tertiary/aromatic N) is 2. The molecule has 1 aromatic heterocycles. The number of aromatic nitrogens is 1. The standard InChI is InChI=1S/C15H13N3O/c1-10-3-4-13(7-11(10)2)18-15(19)14-8-12(9-16)5-6-17-14/h3-8H,1-2H3,(H,18,19). The Morgan fingerprint density at radius 1 is 1.21 bits per heavy atom. The number of amides is 1. The van der Waals surface area contributed by atoms with Gasteiger partial charge in [-0.25, -0.2) is 0 Å². The first kappa shape index (κ1) is 12.8. The SMILES string of the molecule is Cc1ccc(NC(=O)c2cc(C#N)ccn2)cc1C. The first-order chi connectivity index (χ1) is 9.10. The van der Waals surface area contributed by atoms with Crippen molar-refractivity contribution in [3.8, 4) is 6.07 Å². The highest BCUT2D eigenvalue weighted by Crippen LogP contribution is 2.15. The third-order valence-corrected chi connectivity index (χ3v) is 2.89. The van der Waals surface area contributed by atoms with Gasteiger partial charge in [0.25, 0.3) is 5.91 Å². The van der Waals surface area contributed by atoms with E-state index in [1.165, 1.54) is 17.8 Å². The quantitative estimate of drug-likeness (QED) is 0.892. The van der Waals surface area contributed by atoms with E-state index in [-0.39, 0.29) is 11.6 Å². The molecule has 1 aromatic carbocycles. The molecule has 2 rings (SSSR count). The minimum atomic E-state index is -0.319. The molecule has 0 radical (unpaired) electrons. The van der Waals surface area contributed by atoms with Crippen molar-refractivity contribution in [3.63, 3.8) is 0 Å². The highest BCUT2D eigenvalue weighted by Gasteiger charge is 2.08. The predicted octanol–water partition coefficient (Wildman–Crippen LogP) is 2.82. The molecule has 4 nitrogen and oxygen atoms in total. The van der Waals surface area contributed by atoms with Gasteiger partial charge in [0.05, 0.1) is 11.6 Å². The maximum Gasteiger partial charge on any atom is 0.274 e. The molecule has 19 heavy (non-hydrogen) atoms. The second-order valence-corrected chi connectivity index (χ2v) is 4.29. The van der Waals surface area contributed by atoms with Gasteiger partial charge in [-0.15, -0.1) is 0 Å². The van der Waals surface area contributed by atoms with Crippen LogP contribution in [-0.4, -0.2) is 10.9 Å². The summed E-state index contributed by atoms with van der Waals surface area (Å²) >= 11 is 0. The Kier molecular flexibility index (Phi) is 3.58. The van der Waals surface area contributed by atoms with Crippen LogP contribution in [-0.2, 0) is 0 Å². The number of hydrogen-bond donors (Lipinski definition) is 1. The fraction of sp³-hybridized carbons (Fsp3) is 0.133. The van der Waals surface area contributed by atoms with E-state index in [1.54, 1.807) is 6.07 Å². The van der Waals surface area contributed by atoms with Gasteiger partial charge >= 0.3 is 0 Å². The van der Waals surface area contributed by atoms with E-state index in [2.05, 4.69) is 10.3 Å². The maximum atomic E-state index is 12.0. The van der Waals surface area contributed by atoms with E-state index in [9.17, 15) is 4.79 Å². The van der Waals surface area contributed by atoms with E-state index in [4.69, 9.17) is 5.26 Å². The number of benzene rings is 1. The maximum absolute atomic E-state index is 12.0. The number of pyridine rings is 1. The van der Waals surface area contributed by atoms with Crippen molar-refractivity contribution in [1.29, 1.82) is 5.26 Å². The molecule has 1 N–H and O–H groups in total. The monoisotopic (exact) mass is 251 g/mol. The smallest absolute Gasteiger partial charge is 0.274 e. The van der Waals surface area contributed by atoms with E-state index in [0.29, 0.717) is 5.56 Å². The molecule has 0 saturated carbocycles. The molecule has 1 heterocycles. The fourth-order valence-electron chi connectivity index (χ4n) is 1.64. The van der Waals surface area contributed by atoms with Crippen LogP contribution in [0.3, 0.4) is 0 Å². The van der Waals surface area contributed by atoms with Crippen molar-refractivity contribution in [2.24, 2.45) is 0 Å². The Morgan fingerprint density at radius 2 is 2.00 bits per heavy atom. The van der Waals surface area contributed by atoms with E-state index in [0.717, 1.165) is 11.3 Å². The summed E-state index contributed by atoms with van der Waals surface area (Å²) in [7, 11) is 0. The summed E-state index contributed by atoms with van der Waals surface area (Å²) in [5.74, 6) is -0.319. The van der Waals surface area contributed by atoms with Crippen molar-refractivity contribution >= 4 is 11.6 Å². The lowest BCUT2D eigenvalue weighted by molar-refractivity contribution is 0.102. The normalized spacial score (nSPS) is 9.74. The van der Waals surface area contributed by atoms with Crippen molar-refractivity contribution < 1.29 is 4.79 Å². The van der Waals surface area contributed by atoms with Gasteiger partial charge in [0.15, 0.2) is 0 Å². The second-order valence-electron chi connectivity index (χ2n) is 4.29. The van der Waals surface area contributed by atoms with Gasteiger partial charge in [-0.3, -0.25) is 9.78 Å². The molecule has 0 unspecified atom stereocenters. The first-order valence-electron chi connectivity index (χ1n) is 5.85. The largest absolute Gasteiger partial charge is 0.321 e. The molecule has 1 amide bonds. The summed E-state index contributed by atoms with van der Waals surface area (Å²) in [6.45, 7) is 4.00. The second kappa shape index (κ2) is 5.32. The molecule has 0 aliphatic carbocycles. The third-order valence-electron chi connectivity index (χ3n) is 2.89. The van der Waals surface area contributed by atoms with Crippen LogP contribution in [0.1, 0.15) is 27.2 Å². The van der Waals surface area contributed by atoms with Crippen LogP contribution >= 0.6 is 0 Å². The van der Waals surface area contributed by atoms with Crippen LogP contribution in [0.25, 0.3) is 0 Å². The number of nitrogens with one attached hydrogen (secondary N) is 1. The minimum Gasteiger partial charge on any atom is -0.321 e. The fourth-order valence-corrected chi connectivity index (χ4v) is 1.64. The lowest BCUT2D eigenvalue weighted by atomic mass is 10.1. The molecular weight excluding hydrogens is 238 g/mol. The molecule has 94 valence electrons. The number of rotatable bonds is 2. The molecule has 2 aromatic rings. The Hall–Kier alpha value is -2.67. The third kappa shape index (κ3) is 2.96. The van der Waals surface area contributed by atoms with Gasteiger partial charge < -0.3 is 5.32 Å². The Labute approximate surface area is 111 Å². The van der Waals surface area contributed by atoms with E-state index < -0.39 is 0 Å². The predicted molar refractivity (Wildman–Crippen MR) is 72.8 cm³/mol. The lowest BCUT2D eigenvalue weighted by Gasteiger charge is -2.07. The summed E-state index contributed by atoms with van der Waals surface area (Å²) in [6.07, 6.45) is 1.45. The van der Waals surface area contributed by atoms with Crippen molar-refractivity contribution in [2.45, 2.75) is 13.8 Å². The number of carbonyl (C=O) groups excluding carboxylic acids is 1. The molecule has 0 atom stereocenters. The Bertz CT molecular complexity index is 671. The molecular formula is C15H13N3O. The van der Waals surface area contributed by atoms with E-state index in [1.807, 2.05) is 38.1 Å². The first-order valence-corrected chi connectivity index (χ1v) is 5.85. The average molecular weight is 251 g/mol. The zero-order valence-corrected chi connectivity index (χ0v) is 10.8. The number of carbonyl (C=O) groups is 1. The van der Waals surface area contributed by atoms with Crippen LogP contribution in [0.4, 0.5) is 5.69 Å². The summed E-state index contributed by atoms with van der Waals surface area (Å²) in [5, 5.41) is 11.6. The van der Waals surface area contributed by atoms with Gasteiger partial charge in [0.2, 0.25) is 0 Å². The highest BCUT2D eigenvalue weighted by molar-refractivity contribution is 6.03. The number of anilines is 1. The number of aryl methyl sites for hydroxylation is 2. The zero-order valence-electron chi connectivity index (χ0n) is 10.8. The van der Waals surface area contributed by atoms with Crippen LogP contribution in [0, 0.1) is 25.2 Å². The molecule has 4 heteroatoms. The molecule has 0 spiro atoms. The molecule has 0 fully saturated rings.